The van der Waals surface area contributed by atoms with E-state index >= 15 is 0 Å². The van der Waals surface area contributed by atoms with Crippen LogP contribution in [0.5, 0.6) is 0 Å². The summed E-state index contributed by atoms with van der Waals surface area (Å²) >= 11 is 2.16. The highest BCUT2D eigenvalue weighted by Crippen LogP contribution is 2.10. The lowest BCUT2D eigenvalue weighted by atomic mass is 10.2. The molecule has 0 heterocycles. The van der Waals surface area contributed by atoms with Crippen LogP contribution in [0.1, 0.15) is 17.3 Å². The summed E-state index contributed by atoms with van der Waals surface area (Å²) in [4.78, 5) is 24.9. The first-order valence-corrected chi connectivity index (χ1v) is 6.41. The molecule has 1 N–H and O–H groups in total. The first-order chi connectivity index (χ1) is 8.08. The molecule has 1 aromatic rings. The van der Waals surface area contributed by atoms with Gasteiger partial charge < -0.3 is 10.2 Å². The summed E-state index contributed by atoms with van der Waals surface area (Å²) in [5.74, 6) is -0.277. The third kappa shape index (κ3) is 3.99. The molecule has 0 bridgehead atoms. The molecule has 0 fully saturated rings. The maximum absolute atomic E-state index is 12.1. The van der Waals surface area contributed by atoms with Crippen LogP contribution in [0.15, 0.2) is 24.3 Å². The molecule has 0 aliphatic rings. The number of halogens is 1. The van der Waals surface area contributed by atoms with Crippen molar-refractivity contribution in [3.63, 3.8) is 0 Å². The molecule has 0 unspecified atom stereocenters. The fourth-order valence-electron chi connectivity index (χ4n) is 1.38. The Morgan fingerprint density at radius 3 is 2.65 bits per heavy atom. The molecule has 0 radical (unpaired) electrons. The van der Waals surface area contributed by atoms with Crippen molar-refractivity contribution in [3.8, 4) is 0 Å². The summed E-state index contributed by atoms with van der Waals surface area (Å²) in [6.07, 6.45) is 0. The lowest BCUT2D eigenvalue weighted by Gasteiger charge is -2.19. The van der Waals surface area contributed by atoms with E-state index in [9.17, 15) is 9.59 Å². The molecule has 5 heteroatoms. The number of hydrogen-bond acceptors (Lipinski definition) is 2. The number of likely N-dealkylation sites (N-methyl/N-ethyl adjacent to an activating group) is 2. The van der Waals surface area contributed by atoms with Crippen molar-refractivity contribution in [1.29, 1.82) is 0 Å². The van der Waals surface area contributed by atoms with Crippen molar-refractivity contribution in [2.75, 3.05) is 20.1 Å². The Bertz CT molecular complexity index is 421. The number of nitrogens with one attached hydrogen (secondary N) is 1. The molecule has 0 saturated carbocycles. The average Bonchev–Trinajstić information content (AvgIpc) is 2.34. The van der Waals surface area contributed by atoms with E-state index in [4.69, 9.17) is 0 Å². The van der Waals surface area contributed by atoms with Crippen LogP contribution in [0.3, 0.4) is 0 Å². The monoisotopic (exact) mass is 346 g/mol. The molecular weight excluding hydrogens is 331 g/mol. The van der Waals surface area contributed by atoms with Gasteiger partial charge in [0.25, 0.3) is 5.91 Å². The van der Waals surface area contributed by atoms with Crippen LogP contribution in [-0.4, -0.2) is 36.9 Å². The molecule has 4 nitrogen and oxygen atoms in total. The first kappa shape index (κ1) is 14.0. The Labute approximate surface area is 115 Å². The minimum atomic E-state index is -0.161. The lowest BCUT2D eigenvalue weighted by Crippen LogP contribution is -2.39. The van der Waals surface area contributed by atoms with Gasteiger partial charge in [0.05, 0.1) is 6.54 Å². The van der Waals surface area contributed by atoms with Gasteiger partial charge in [-0.15, -0.1) is 0 Å². The van der Waals surface area contributed by atoms with Crippen LogP contribution < -0.4 is 5.32 Å². The standard InChI is InChI=1S/C12H15IN2O2/c1-3-15(8-11(16)14-2)12(17)9-5-4-6-10(13)7-9/h4-7H,3,8H2,1-2H3,(H,14,16). The predicted molar refractivity (Wildman–Crippen MR) is 74.8 cm³/mol. The quantitative estimate of drug-likeness (QED) is 0.840. The maximum atomic E-state index is 12.1. The van der Waals surface area contributed by atoms with E-state index in [2.05, 4.69) is 27.9 Å². The summed E-state index contributed by atoms with van der Waals surface area (Å²) in [6, 6.07) is 7.33. The zero-order valence-electron chi connectivity index (χ0n) is 9.87. The first-order valence-electron chi connectivity index (χ1n) is 5.34. The number of amides is 2. The Morgan fingerprint density at radius 1 is 1.41 bits per heavy atom. The minimum absolute atomic E-state index is 0.0946. The van der Waals surface area contributed by atoms with Crippen molar-refractivity contribution >= 4 is 34.4 Å². The van der Waals surface area contributed by atoms with Gasteiger partial charge in [0.1, 0.15) is 0 Å². The van der Waals surface area contributed by atoms with Crippen molar-refractivity contribution in [3.05, 3.63) is 33.4 Å². The van der Waals surface area contributed by atoms with Gasteiger partial charge in [-0.25, -0.2) is 0 Å². The van der Waals surface area contributed by atoms with Gasteiger partial charge in [-0.1, -0.05) is 6.07 Å². The van der Waals surface area contributed by atoms with Gasteiger partial charge in [0, 0.05) is 22.7 Å². The van der Waals surface area contributed by atoms with Crippen LogP contribution in [0.4, 0.5) is 0 Å². The van der Waals surface area contributed by atoms with E-state index in [1.54, 1.807) is 13.1 Å². The smallest absolute Gasteiger partial charge is 0.254 e. The van der Waals surface area contributed by atoms with Gasteiger partial charge in [0.15, 0.2) is 0 Å². The van der Waals surface area contributed by atoms with Crippen LogP contribution in [0.2, 0.25) is 0 Å². The van der Waals surface area contributed by atoms with Gasteiger partial charge in [0.2, 0.25) is 5.91 Å². The van der Waals surface area contributed by atoms with Gasteiger partial charge in [-0.3, -0.25) is 9.59 Å². The highest BCUT2D eigenvalue weighted by Gasteiger charge is 2.16. The molecule has 0 aliphatic heterocycles. The van der Waals surface area contributed by atoms with E-state index < -0.39 is 0 Å². The maximum Gasteiger partial charge on any atom is 0.254 e. The summed E-state index contributed by atoms with van der Waals surface area (Å²) in [6.45, 7) is 2.46. The fraction of sp³-hybridized carbons (Fsp3) is 0.333. The second-order valence-corrected chi connectivity index (χ2v) is 4.75. The number of nitrogens with zero attached hydrogens (tertiary/aromatic N) is 1. The minimum Gasteiger partial charge on any atom is -0.358 e. The van der Waals surface area contributed by atoms with Gasteiger partial charge >= 0.3 is 0 Å². The summed E-state index contributed by atoms with van der Waals surface area (Å²) in [5.41, 5.74) is 0.614. The van der Waals surface area contributed by atoms with Crippen LogP contribution in [0, 0.1) is 3.57 Å². The van der Waals surface area contributed by atoms with E-state index in [0.717, 1.165) is 3.57 Å². The van der Waals surface area contributed by atoms with Gasteiger partial charge in [-0.2, -0.15) is 0 Å². The lowest BCUT2D eigenvalue weighted by molar-refractivity contribution is -0.121. The number of rotatable bonds is 4. The third-order valence-corrected chi connectivity index (χ3v) is 3.02. The Morgan fingerprint density at radius 2 is 2.12 bits per heavy atom. The van der Waals surface area contributed by atoms with Crippen molar-refractivity contribution < 1.29 is 9.59 Å². The zero-order valence-corrected chi connectivity index (χ0v) is 12.0. The number of carbonyl (C=O) groups excluding carboxylic acids is 2. The number of hydrogen-bond donors (Lipinski definition) is 1. The molecule has 0 atom stereocenters. The van der Waals surface area contributed by atoms with E-state index in [1.807, 2.05) is 25.1 Å². The molecule has 0 aromatic heterocycles. The number of benzene rings is 1. The second-order valence-electron chi connectivity index (χ2n) is 3.50. The SMILES string of the molecule is CCN(CC(=O)NC)C(=O)c1cccc(I)c1. The van der Waals surface area contributed by atoms with E-state index in [1.165, 1.54) is 4.90 Å². The predicted octanol–water partition coefficient (Wildman–Crippen LogP) is 1.50. The molecule has 0 spiro atoms. The number of carbonyl (C=O) groups is 2. The second kappa shape index (κ2) is 6.58. The highest BCUT2D eigenvalue weighted by molar-refractivity contribution is 14.1. The normalized spacial score (nSPS) is 9.82. The molecule has 0 saturated heterocycles. The third-order valence-electron chi connectivity index (χ3n) is 2.35. The molecule has 1 aromatic carbocycles. The summed E-state index contributed by atoms with van der Waals surface area (Å²) < 4.78 is 1.00. The Hall–Kier alpha value is -1.11. The largest absolute Gasteiger partial charge is 0.358 e. The zero-order chi connectivity index (χ0) is 12.8. The van der Waals surface area contributed by atoms with Crippen molar-refractivity contribution in [1.82, 2.24) is 10.2 Å². The van der Waals surface area contributed by atoms with Gasteiger partial charge in [-0.05, 0) is 47.7 Å². The van der Waals surface area contributed by atoms with Crippen molar-refractivity contribution in [2.24, 2.45) is 0 Å². The summed E-state index contributed by atoms with van der Waals surface area (Å²) in [5, 5.41) is 2.51. The molecule has 92 valence electrons. The topological polar surface area (TPSA) is 49.4 Å². The van der Waals surface area contributed by atoms with Crippen molar-refractivity contribution in [2.45, 2.75) is 6.92 Å². The highest BCUT2D eigenvalue weighted by atomic mass is 127. The van der Waals surface area contributed by atoms with E-state index in [-0.39, 0.29) is 18.4 Å². The molecule has 2 amide bonds. The molecule has 17 heavy (non-hydrogen) atoms. The average molecular weight is 346 g/mol. The van der Waals surface area contributed by atoms with Crippen LogP contribution in [-0.2, 0) is 4.79 Å². The van der Waals surface area contributed by atoms with E-state index in [0.29, 0.717) is 12.1 Å². The van der Waals surface area contributed by atoms with Crippen LogP contribution in [0.25, 0.3) is 0 Å². The van der Waals surface area contributed by atoms with Crippen LogP contribution >= 0.6 is 22.6 Å². The Balaban J connectivity index is 2.82. The summed E-state index contributed by atoms with van der Waals surface area (Å²) in [7, 11) is 1.56. The molecular formula is C12H15IN2O2. The molecule has 0 aliphatic carbocycles. The molecule has 1 rings (SSSR count). The Kier molecular flexibility index (Phi) is 5.40. The fourth-order valence-corrected chi connectivity index (χ4v) is 1.93.